The Kier molecular flexibility index (Phi) is 3.84. The number of hydrogen-bond donors (Lipinski definition) is 2. The van der Waals surface area contributed by atoms with Crippen LogP contribution in [0.15, 0.2) is 18.3 Å². The van der Waals surface area contributed by atoms with Gasteiger partial charge in [0, 0.05) is 25.3 Å². The van der Waals surface area contributed by atoms with Gasteiger partial charge in [0.05, 0.1) is 0 Å². The fourth-order valence-corrected chi connectivity index (χ4v) is 2.48. The van der Waals surface area contributed by atoms with Gasteiger partial charge in [0.1, 0.15) is 5.69 Å². The van der Waals surface area contributed by atoms with E-state index in [9.17, 15) is 4.79 Å². The van der Waals surface area contributed by atoms with Crippen LogP contribution in [-0.4, -0.2) is 29.6 Å². The molecule has 0 saturated heterocycles. The molecular formula is C13H21N3O. The molecule has 2 N–H and O–H groups in total. The van der Waals surface area contributed by atoms with Crippen molar-refractivity contribution < 1.29 is 4.79 Å². The molecule has 2 rings (SSSR count). The van der Waals surface area contributed by atoms with E-state index in [0.717, 1.165) is 31.4 Å². The number of aromatic nitrogens is 1. The van der Waals surface area contributed by atoms with Crippen LogP contribution in [0.2, 0.25) is 0 Å². The summed E-state index contributed by atoms with van der Waals surface area (Å²) in [5, 5.41) is 6.42. The lowest BCUT2D eigenvalue weighted by Gasteiger charge is -2.28. The van der Waals surface area contributed by atoms with E-state index in [2.05, 4.69) is 10.6 Å². The fraction of sp³-hybridized carbons (Fsp3) is 0.615. The quantitative estimate of drug-likeness (QED) is 0.829. The lowest BCUT2D eigenvalue weighted by Crippen LogP contribution is -2.41. The molecule has 1 saturated carbocycles. The number of carbonyl (C=O) groups excluding carboxylic acids is 1. The van der Waals surface area contributed by atoms with Crippen LogP contribution in [0.5, 0.6) is 0 Å². The van der Waals surface area contributed by atoms with Crippen molar-refractivity contribution in [2.24, 2.45) is 7.05 Å². The van der Waals surface area contributed by atoms with Gasteiger partial charge >= 0.3 is 0 Å². The summed E-state index contributed by atoms with van der Waals surface area (Å²) in [4.78, 5) is 12.0. The predicted octanol–water partition coefficient (Wildman–Crippen LogP) is 1.29. The first-order chi connectivity index (χ1) is 8.20. The smallest absolute Gasteiger partial charge is 0.268 e. The summed E-state index contributed by atoms with van der Waals surface area (Å²) < 4.78 is 1.86. The molecule has 0 unspecified atom stereocenters. The first-order valence-electron chi connectivity index (χ1n) is 6.30. The van der Waals surface area contributed by atoms with Gasteiger partial charge in [0.2, 0.25) is 0 Å². The molecule has 0 aliphatic heterocycles. The second-order valence-electron chi connectivity index (χ2n) is 4.82. The molecule has 1 aromatic rings. The molecule has 0 aromatic carbocycles. The molecule has 1 heterocycles. The van der Waals surface area contributed by atoms with E-state index >= 15 is 0 Å². The van der Waals surface area contributed by atoms with Crippen molar-refractivity contribution >= 4 is 5.91 Å². The maximum Gasteiger partial charge on any atom is 0.268 e. The third kappa shape index (κ3) is 2.88. The minimum absolute atomic E-state index is 0.0467. The highest BCUT2D eigenvalue weighted by Crippen LogP contribution is 2.18. The molecule has 1 fully saturated rings. The van der Waals surface area contributed by atoms with Crippen molar-refractivity contribution in [3.05, 3.63) is 24.0 Å². The van der Waals surface area contributed by atoms with Crippen molar-refractivity contribution in [1.29, 1.82) is 0 Å². The summed E-state index contributed by atoms with van der Waals surface area (Å²) in [6, 6.07) is 4.71. The van der Waals surface area contributed by atoms with E-state index in [1.54, 1.807) is 0 Å². The molecule has 0 spiro atoms. The highest BCUT2D eigenvalue weighted by Gasteiger charge is 2.22. The van der Waals surface area contributed by atoms with E-state index in [1.807, 2.05) is 37.0 Å². The molecule has 0 bridgehead atoms. The second kappa shape index (κ2) is 5.36. The Balaban J connectivity index is 1.86. The Morgan fingerprint density at radius 2 is 1.94 bits per heavy atom. The second-order valence-corrected chi connectivity index (χ2v) is 4.82. The van der Waals surface area contributed by atoms with Gasteiger partial charge in [-0.15, -0.1) is 0 Å². The molecule has 17 heavy (non-hydrogen) atoms. The van der Waals surface area contributed by atoms with Crippen LogP contribution in [0.3, 0.4) is 0 Å². The summed E-state index contributed by atoms with van der Waals surface area (Å²) >= 11 is 0. The maximum absolute atomic E-state index is 12.0. The van der Waals surface area contributed by atoms with Crippen molar-refractivity contribution in [1.82, 2.24) is 15.2 Å². The minimum Gasteiger partial charge on any atom is -0.348 e. The average molecular weight is 235 g/mol. The van der Waals surface area contributed by atoms with Crippen LogP contribution in [0.25, 0.3) is 0 Å². The average Bonchev–Trinajstić information content (AvgIpc) is 2.76. The van der Waals surface area contributed by atoms with Gasteiger partial charge in [0.15, 0.2) is 0 Å². The van der Waals surface area contributed by atoms with Gasteiger partial charge in [-0.25, -0.2) is 0 Å². The Hall–Kier alpha value is -1.29. The standard InChI is InChI=1S/C13H21N3O/c1-14-10-5-7-11(8-6-10)15-13(17)12-4-3-9-16(12)2/h3-4,9-11,14H,5-8H2,1-2H3,(H,15,17). The Morgan fingerprint density at radius 1 is 1.29 bits per heavy atom. The number of nitrogens with zero attached hydrogens (tertiary/aromatic N) is 1. The molecular weight excluding hydrogens is 214 g/mol. The summed E-state index contributed by atoms with van der Waals surface area (Å²) in [5.74, 6) is 0.0467. The van der Waals surface area contributed by atoms with Gasteiger partial charge in [-0.2, -0.15) is 0 Å². The highest BCUT2D eigenvalue weighted by atomic mass is 16.2. The summed E-state index contributed by atoms with van der Waals surface area (Å²) in [5.41, 5.74) is 0.737. The summed E-state index contributed by atoms with van der Waals surface area (Å²) in [6.07, 6.45) is 6.33. The van der Waals surface area contributed by atoms with Gasteiger partial charge in [-0.05, 0) is 44.9 Å². The van der Waals surface area contributed by atoms with Gasteiger partial charge in [-0.1, -0.05) is 0 Å². The van der Waals surface area contributed by atoms with Crippen LogP contribution in [0, 0.1) is 0 Å². The predicted molar refractivity (Wildman–Crippen MR) is 68.0 cm³/mol. The maximum atomic E-state index is 12.0. The molecule has 1 aliphatic rings. The van der Waals surface area contributed by atoms with Crippen LogP contribution >= 0.6 is 0 Å². The molecule has 1 aliphatic carbocycles. The van der Waals surface area contributed by atoms with Crippen molar-refractivity contribution in [3.8, 4) is 0 Å². The van der Waals surface area contributed by atoms with Gasteiger partial charge < -0.3 is 15.2 Å². The molecule has 1 amide bonds. The number of rotatable bonds is 3. The van der Waals surface area contributed by atoms with E-state index < -0.39 is 0 Å². The van der Waals surface area contributed by atoms with Gasteiger partial charge in [0.25, 0.3) is 5.91 Å². The molecule has 4 heteroatoms. The zero-order valence-electron chi connectivity index (χ0n) is 10.6. The fourth-order valence-electron chi connectivity index (χ4n) is 2.48. The van der Waals surface area contributed by atoms with E-state index in [-0.39, 0.29) is 5.91 Å². The number of nitrogens with one attached hydrogen (secondary N) is 2. The lowest BCUT2D eigenvalue weighted by atomic mass is 9.91. The third-order valence-electron chi connectivity index (χ3n) is 3.65. The zero-order chi connectivity index (χ0) is 12.3. The number of aryl methyl sites for hydroxylation is 1. The normalized spacial score (nSPS) is 24.6. The van der Waals surface area contributed by atoms with Crippen LogP contribution in [-0.2, 0) is 7.05 Å². The Morgan fingerprint density at radius 3 is 2.47 bits per heavy atom. The summed E-state index contributed by atoms with van der Waals surface area (Å²) in [7, 11) is 3.90. The molecule has 0 atom stereocenters. The molecule has 0 radical (unpaired) electrons. The first-order valence-corrected chi connectivity index (χ1v) is 6.30. The van der Waals surface area contributed by atoms with Crippen LogP contribution < -0.4 is 10.6 Å². The topological polar surface area (TPSA) is 46.1 Å². The van der Waals surface area contributed by atoms with Gasteiger partial charge in [-0.3, -0.25) is 4.79 Å². The number of amides is 1. The highest BCUT2D eigenvalue weighted by molar-refractivity contribution is 5.92. The Bertz CT molecular complexity index is 378. The van der Waals surface area contributed by atoms with Crippen molar-refractivity contribution in [3.63, 3.8) is 0 Å². The molecule has 4 nitrogen and oxygen atoms in total. The van der Waals surface area contributed by atoms with Crippen molar-refractivity contribution in [2.45, 2.75) is 37.8 Å². The van der Waals surface area contributed by atoms with E-state index in [4.69, 9.17) is 0 Å². The summed E-state index contributed by atoms with van der Waals surface area (Å²) in [6.45, 7) is 0. The number of hydrogen-bond acceptors (Lipinski definition) is 2. The monoisotopic (exact) mass is 235 g/mol. The largest absolute Gasteiger partial charge is 0.348 e. The van der Waals surface area contributed by atoms with Crippen molar-refractivity contribution in [2.75, 3.05) is 7.05 Å². The third-order valence-corrected chi connectivity index (χ3v) is 3.65. The molecule has 1 aromatic heterocycles. The minimum atomic E-state index is 0.0467. The molecule has 94 valence electrons. The first kappa shape index (κ1) is 12.2. The van der Waals surface area contributed by atoms with Crippen LogP contribution in [0.1, 0.15) is 36.2 Å². The number of carbonyl (C=O) groups is 1. The van der Waals surface area contributed by atoms with Crippen LogP contribution in [0.4, 0.5) is 0 Å². The SMILES string of the molecule is CNC1CCC(NC(=O)c2cccn2C)CC1. The van der Waals surface area contributed by atoms with E-state index in [0.29, 0.717) is 12.1 Å². The zero-order valence-corrected chi connectivity index (χ0v) is 10.6. The lowest BCUT2D eigenvalue weighted by molar-refractivity contribution is 0.0916. The Labute approximate surface area is 102 Å². The van der Waals surface area contributed by atoms with E-state index in [1.165, 1.54) is 0 Å².